The molecule has 0 aliphatic heterocycles. The van der Waals surface area contributed by atoms with Crippen LogP contribution in [0, 0.1) is 0 Å². The van der Waals surface area contributed by atoms with Crippen molar-refractivity contribution in [2.45, 2.75) is 11.3 Å². The minimum atomic E-state index is -4.01. The Kier molecular flexibility index (Phi) is 7.67. The average Bonchev–Trinajstić information content (AvgIpc) is 2.80. The highest BCUT2D eigenvalue weighted by molar-refractivity contribution is 7.92. The first-order valence-electron chi connectivity index (χ1n) is 9.73. The Morgan fingerprint density at radius 3 is 2.12 bits per heavy atom. The molecule has 0 aliphatic carbocycles. The van der Waals surface area contributed by atoms with Gasteiger partial charge in [0.2, 0.25) is 5.91 Å². The summed E-state index contributed by atoms with van der Waals surface area (Å²) >= 11 is 6.15. The molecule has 33 heavy (non-hydrogen) atoms. The molecule has 10 heteroatoms. The fourth-order valence-corrected chi connectivity index (χ4v) is 4.62. The molecule has 0 saturated heterocycles. The summed E-state index contributed by atoms with van der Waals surface area (Å²) < 4.78 is 43.8. The summed E-state index contributed by atoms with van der Waals surface area (Å²) in [6.45, 7) is 0. The fourth-order valence-electron chi connectivity index (χ4n) is 3.03. The normalized spacial score (nSPS) is 10.9. The molecule has 0 radical (unpaired) electrons. The summed E-state index contributed by atoms with van der Waals surface area (Å²) in [6.07, 6.45) is 0.0158. The standard InChI is InChI=1S/C23H23ClN2O6S/c1-30-18-9-5-16(6-10-18)26-33(28,29)22-13-17(7-11-20(22)24)25-23(27)12-15-4-8-19(31-2)14-21(15)32-3/h4-11,13-14,26H,12H2,1-3H3,(H,25,27). The first-order chi connectivity index (χ1) is 15.7. The van der Waals surface area contributed by atoms with Crippen LogP contribution in [0.15, 0.2) is 65.6 Å². The van der Waals surface area contributed by atoms with Crippen LogP contribution >= 0.6 is 11.6 Å². The van der Waals surface area contributed by atoms with Crippen molar-refractivity contribution in [3.05, 3.63) is 71.2 Å². The highest BCUT2D eigenvalue weighted by Crippen LogP contribution is 2.29. The van der Waals surface area contributed by atoms with Crippen LogP contribution in [-0.4, -0.2) is 35.7 Å². The number of benzene rings is 3. The van der Waals surface area contributed by atoms with Gasteiger partial charge in [0, 0.05) is 23.0 Å². The second kappa shape index (κ2) is 10.5. The minimum Gasteiger partial charge on any atom is -0.497 e. The van der Waals surface area contributed by atoms with Crippen LogP contribution in [0.1, 0.15) is 5.56 Å². The monoisotopic (exact) mass is 490 g/mol. The van der Waals surface area contributed by atoms with Gasteiger partial charge in [-0.1, -0.05) is 17.7 Å². The van der Waals surface area contributed by atoms with Gasteiger partial charge >= 0.3 is 0 Å². The Balaban J connectivity index is 1.77. The molecule has 0 unspecified atom stereocenters. The molecule has 0 spiro atoms. The van der Waals surface area contributed by atoms with Crippen molar-refractivity contribution in [2.24, 2.45) is 0 Å². The van der Waals surface area contributed by atoms with E-state index < -0.39 is 10.0 Å². The van der Waals surface area contributed by atoms with Gasteiger partial charge in [-0.2, -0.15) is 0 Å². The maximum absolute atomic E-state index is 12.9. The maximum Gasteiger partial charge on any atom is 0.263 e. The first-order valence-corrected chi connectivity index (χ1v) is 11.6. The smallest absolute Gasteiger partial charge is 0.263 e. The number of amides is 1. The zero-order chi connectivity index (χ0) is 24.0. The zero-order valence-corrected chi connectivity index (χ0v) is 19.8. The molecule has 174 valence electrons. The van der Waals surface area contributed by atoms with E-state index in [-0.39, 0.29) is 27.9 Å². The van der Waals surface area contributed by atoms with Gasteiger partial charge in [0.25, 0.3) is 10.0 Å². The van der Waals surface area contributed by atoms with Gasteiger partial charge in [0.15, 0.2) is 0 Å². The molecule has 1 amide bonds. The Morgan fingerprint density at radius 2 is 1.48 bits per heavy atom. The van der Waals surface area contributed by atoms with Crippen molar-refractivity contribution < 1.29 is 27.4 Å². The van der Waals surface area contributed by atoms with Crippen LogP contribution < -0.4 is 24.2 Å². The van der Waals surface area contributed by atoms with E-state index >= 15 is 0 Å². The lowest BCUT2D eigenvalue weighted by Crippen LogP contribution is -2.17. The number of nitrogens with one attached hydrogen (secondary N) is 2. The van der Waals surface area contributed by atoms with Crippen LogP contribution in [-0.2, 0) is 21.2 Å². The number of hydrogen-bond acceptors (Lipinski definition) is 6. The second-order valence-electron chi connectivity index (χ2n) is 6.88. The van der Waals surface area contributed by atoms with Gasteiger partial charge in [0.1, 0.15) is 22.1 Å². The third-order valence-electron chi connectivity index (χ3n) is 4.69. The molecule has 0 heterocycles. The number of methoxy groups -OCH3 is 3. The van der Waals surface area contributed by atoms with Gasteiger partial charge in [-0.3, -0.25) is 9.52 Å². The summed E-state index contributed by atoms with van der Waals surface area (Å²) in [4.78, 5) is 12.4. The molecular formula is C23H23ClN2O6S. The van der Waals surface area contributed by atoms with E-state index in [1.807, 2.05) is 0 Å². The van der Waals surface area contributed by atoms with Crippen LogP contribution in [0.3, 0.4) is 0 Å². The number of carbonyl (C=O) groups excluding carboxylic acids is 1. The lowest BCUT2D eigenvalue weighted by atomic mass is 10.1. The second-order valence-corrected chi connectivity index (χ2v) is 8.94. The third-order valence-corrected chi connectivity index (χ3v) is 6.55. The molecule has 0 aromatic heterocycles. The van der Waals surface area contributed by atoms with Crippen molar-refractivity contribution in [1.82, 2.24) is 0 Å². The Labute approximate surface area is 197 Å². The van der Waals surface area contributed by atoms with Gasteiger partial charge in [-0.15, -0.1) is 0 Å². The molecule has 0 bridgehead atoms. The molecule has 0 fully saturated rings. The number of anilines is 2. The number of carbonyl (C=O) groups is 1. The highest BCUT2D eigenvalue weighted by atomic mass is 35.5. The molecular weight excluding hydrogens is 468 g/mol. The van der Waals surface area contributed by atoms with E-state index in [1.54, 1.807) is 42.5 Å². The van der Waals surface area contributed by atoms with E-state index in [9.17, 15) is 13.2 Å². The highest BCUT2D eigenvalue weighted by Gasteiger charge is 2.20. The Morgan fingerprint density at radius 1 is 0.848 bits per heavy atom. The zero-order valence-electron chi connectivity index (χ0n) is 18.2. The predicted octanol–water partition coefficient (Wildman–Crippen LogP) is 4.35. The summed E-state index contributed by atoms with van der Waals surface area (Å²) in [7, 11) is 0.551. The van der Waals surface area contributed by atoms with Crippen molar-refractivity contribution in [1.29, 1.82) is 0 Å². The number of hydrogen-bond donors (Lipinski definition) is 2. The lowest BCUT2D eigenvalue weighted by molar-refractivity contribution is -0.115. The van der Waals surface area contributed by atoms with Gasteiger partial charge in [-0.05, 0) is 48.5 Å². The van der Waals surface area contributed by atoms with Crippen molar-refractivity contribution in [3.8, 4) is 17.2 Å². The van der Waals surface area contributed by atoms with Crippen LogP contribution in [0.2, 0.25) is 5.02 Å². The number of ether oxygens (including phenoxy) is 3. The molecule has 0 aliphatic rings. The number of halogens is 1. The van der Waals surface area contributed by atoms with E-state index in [0.717, 1.165) is 0 Å². The van der Waals surface area contributed by atoms with E-state index in [4.69, 9.17) is 25.8 Å². The Hall–Kier alpha value is -3.43. The minimum absolute atomic E-state index is 0.0158. The van der Waals surface area contributed by atoms with E-state index in [2.05, 4.69) is 10.0 Å². The third kappa shape index (κ3) is 6.09. The summed E-state index contributed by atoms with van der Waals surface area (Å²) in [5, 5.41) is 2.72. The van der Waals surface area contributed by atoms with Gasteiger partial charge in [-0.25, -0.2) is 8.42 Å². The van der Waals surface area contributed by atoms with E-state index in [0.29, 0.717) is 28.5 Å². The quantitative estimate of drug-likeness (QED) is 0.462. The molecule has 2 N–H and O–H groups in total. The average molecular weight is 491 g/mol. The van der Waals surface area contributed by atoms with Gasteiger partial charge < -0.3 is 19.5 Å². The molecule has 8 nitrogen and oxygen atoms in total. The maximum atomic E-state index is 12.9. The summed E-state index contributed by atoms with van der Waals surface area (Å²) in [5.74, 6) is 1.35. The van der Waals surface area contributed by atoms with Gasteiger partial charge in [0.05, 0.1) is 32.8 Å². The SMILES string of the molecule is COc1ccc(NS(=O)(=O)c2cc(NC(=O)Cc3ccc(OC)cc3OC)ccc2Cl)cc1. The lowest BCUT2D eigenvalue weighted by Gasteiger charge is -2.13. The Bertz CT molecular complexity index is 1250. The summed E-state index contributed by atoms with van der Waals surface area (Å²) in [6, 6.07) is 15.8. The molecule has 3 aromatic carbocycles. The predicted molar refractivity (Wildman–Crippen MR) is 127 cm³/mol. The van der Waals surface area contributed by atoms with Crippen LogP contribution in [0.5, 0.6) is 17.2 Å². The van der Waals surface area contributed by atoms with Crippen LogP contribution in [0.25, 0.3) is 0 Å². The molecule has 3 rings (SSSR count). The fraction of sp³-hybridized carbons (Fsp3) is 0.174. The van der Waals surface area contributed by atoms with E-state index in [1.165, 1.54) is 39.5 Å². The molecule has 0 atom stereocenters. The number of sulfonamides is 1. The van der Waals surface area contributed by atoms with Crippen LogP contribution in [0.4, 0.5) is 11.4 Å². The van der Waals surface area contributed by atoms with Crippen molar-refractivity contribution >= 4 is 38.9 Å². The largest absolute Gasteiger partial charge is 0.497 e. The number of rotatable bonds is 9. The van der Waals surface area contributed by atoms with Crippen molar-refractivity contribution in [3.63, 3.8) is 0 Å². The topological polar surface area (TPSA) is 103 Å². The molecule has 0 saturated carbocycles. The first kappa shape index (κ1) is 24.2. The molecule has 3 aromatic rings. The summed E-state index contributed by atoms with van der Waals surface area (Å²) in [5.41, 5.74) is 1.28. The van der Waals surface area contributed by atoms with Crippen molar-refractivity contribution in [2.75, 3.05) is 31.4 Å².